The summed E-state index contributed by atoms with van der Waals surface area (Å²) in [5.41, 5.74) is 5.67. The number of alkyl halides is 3. The fraction of sp³-hybridized carbons (Fsp3) is 0.279. The van der Waals surface area contributed by atoms with Crippen LogP contribution in [0.4, 0.5) is 39.1 Å². The van der Waals surface area contributed by atoms with E-state index in [1.807, 2.05) is 115 Å². The second-order valence-corrected chi connectivity index (χ2v) is 19.1. The van der Waals surface area contributed by atoms with Crippen LogP contribution in [-0.4, -0.2) is 55.2 Å². The molecule has 2 aromatic heterocycles. The van der Waals surface area contributed by atoms with Crippen LogP contribution in [0.15, 0.2) is 176 Å². The molecule has 79 heavy (non-hydrogen) atoms. The second kappa shape index (κ2) is 28.3. The molecule has 1 aliphatic heterocycles. The van der Waals surface area contributed by atoms with Gasteiger partial charge in [-0.05, 0) is 120 Å². The van der Waals surface area contributed by atoms with Gasteiger partial charge in [0.15, 0.2) is 0 Å². The van der Waals surface area contributed by atoms with Gasteiger partial charge >= 0.3 is 12.1 Å². The second-order valence-electron chi connectivity index (χ2n) is 19.1. The number of hydrogen-bond donors (Lipinski definition) is 6. The zero-order valence-corrected chi connectivity index (χ0v) is 43.0. The maximum Gasteiger partial charge on any atom is 0.490 e. The smallest absolute Gasteiger partial charge is 0.475 e. The number of carboxylic acids is 1. The minimum absolute atomic E-state index is 0.0738. The number of hydrogen-bond acceptors (Lipinski definition) is 9. The first-order valence-electron chi connectivity index (χ1n) is 26.0. The highest BCUT2D eigenvalue weighted by molar-refractivity contribution is 6.03. The Hall–Kier alpha value is -8.35. The Balaban J connectivity index is 0.00000121. The third kappa shape index (κ3) is 16.6. The molecule has 13 nitrogen and oxygen atoms in total. The van der Waals surface area contributed by atoms with E-state index < -0.39 is 53.9 Å². The Labute approximate surface area is 454 Å². The number of carbonyl (C=O) groups excluding carboxylic acids is 3. The van der Waals surface area contributed by atoms with Crippen LogP contribution in [-0.2, 0) is 25.7 Å². The maximum absolute atomic E-state index is 13.9. The van der Waals surface area contributed by atoms with Gasteiger partial charge in [-0.3, -0.25) is 19.4 Å². The summed E-state index contributed by atoms with van der Waals surface area (Å²) in [7, 11) is 0. The number of unbranched alkanes of at least 4 members (excludes halogenated alkanes) is 4. The number of aliphatic hydroxyl groups is 2. The lowest BCUT2D eigenvalue weighted by atomic mass is 9.78. The molecular formula is C61H61F5N6O7. The van der Waals surface area contributed by atoms with Gasteiger partial charge in [-0.1, -0.05) is 116 Å². The number of halogens is 5. The van der Waals surface area contributed by atoms with Crippen molar-refractivity contribution in [2.45, 2.75) is 101 Å². The number of nitrogens with zero attached hydrogens (tertiary/aromatic N) is 3. The van der Waals surface area contributed by atoms with E-state index in [1.54, 1.807) is 29.4 Å². The molecule has 0 radical (unpaired) electrons. The summed E-state index contributed by atoms with van der Waals surface area (Å²) >= 11 is 0. The molecule has 6 atom stereocenters. The van der Waals surface area contributed by atoms with E-state index in [0.29, 0.717) is 73.5 Å². The molecule has 0 aliphatic carbocycles. The van der Waals surface area contributed by atoms with Crippen molar-refractivity contribution < 1.29 is 56.4 Å². The fourth-order valence-corrected chi connectivity index (χ4v) is 9.58. The summed E-state index contributed by atoms with van der Waals surface area (Å²) in [5, 5.41) is 39.8. The van der Waals surface area contributed by atoms with Crippen LogP contribution in [0.25, 0.3) is 0 Å². The summed E-state index contributed by atoms with van der Waals surface area (Å²) < 4.78 is 59.1. The molecule has 0 spiro atoms. The largest absolute Gasteiger partial charge is 0.490 e. The molecule has 0 saturated carbocycles. The van der Waals surface area contributed by atoms with Crippen molar-refractivity contribution in [2.24, 2.45) is 5.92 Å². The number of β-lactam (4-membered cyclic amide) rings is 1. The van der Waals surface area contributed by atoms with E-state index in [-0.39, 0.29) is 23.8 Å². The van der Waals surface area contributed by atoms with E-state index in [1.165, 1.54) is 36.4 Å². The molecule has 18 heteroatoms. The van der Waals surface area contributed by atoms with Crippen molar-refractivity contribution >= 4 is 40.9 Å². The average Bonchev–Trinajstić information content (AvgIpc) is 3.48. The zero-order valence-electron chi connectivity index (χ0n) is 43.0. The first-order valence-corrected chi connectivity index (χ1v) is 26.0. The normalized spacial score (nSPS) is 15.5. The number of para-hydroxylation sites is 1. The van der Waals surface area contributed by atoms with E-state index in [4.69, 9.17) is 14.9 Å². The van der Waals surface area contributed by atoms with Crippen LogP contribution in [0.3, 0.4) is 0 Å². The first-order chi connectivity index (χ1) is 38.1. The number of pyridine rings is 2. The number of benzene rings is 5. The van der Waals surface area contributed by atoms with E-state index in [2.05, 4.69) is 20.9 Å². The topological polar surface area (TPSA) is 194 Å². The molecular weight excluding hydrogens is 1020 g/mol. The third-order valence-electron chi connectivity index (χ3n) is 13.6. The van der Waals surface area contributed by atoms with Crippen LogP contribution < -0.4 is 20.9 Å². The standard InChI is InChI=1S/C59H60F2N6O5.C2HF3O2/c60-44-28-26-41(27-29-44)51(68)35-34-48-57(67(59(48)72)46-32-30-45(61)31-33-46)43-19-15-16-40(38-43)39-64-53(69)24-7-2-1-3-8-25-54(70)65-49-21-10-9-20-47(49)56(66-52-23-12-14-37-63-52)55(50-22-11-13-36-62-50)58(71)42-17-5-4-6-18-42;3-2(4,5)1(6)7/h4-6,9-23,26-33,36-38,48,51,55-58,68,71H,1-3,7-8,24-25,34-35,39H2,(H,63,66)(H,64,69)(H,65,70);(H,6,7). The molecule has 3 amide bonds. The van der Waals surface area contributed by atoms with Crippen LogP contribution in [0, 0.1) is 17.6 Å². The summed E-state index contributed by atoms with van der Waals surface area (Å²) in [6, 6.07) is 46.6. The number of nitrogens with one attached hydrogen (secondary N) is 3. The van der Waals surface area contributed by atoms with Crippen molar-refractivity contribution in [1.29, 1.82) is 0 Å². The fourth-order valence-electron chi connectivity index (χ4n) is 9.58. The number of rotatable bonds is 24. The summed E-state index contributed by atoms with van der Waals surface area (Å²) in [4.78, 5) is 59.9. The number of carbonyl (C=O) groups is 4. The quantitative estimate of drug-likeness (QED) is 0.0193. The van der Waals surface area contributed by atoms with Crippen molar-refractivity contribution in [3.05, 3.63) is 221 Å². The zero-order chi connectivity index (χ0) is 56.3. The number of amides is 3. The molecule has 3 heterocycles. The lowest BCUT2D eigenvalue weighted by Gasteiger charge is -2.48. The SMILES string of the molecule is O=C(CCCCCCCC(=O)Nc1ccccc1C(Nc1ccccn1)C(c1ccccn1)C(O)c1ccccc1)NCc1cccc(C2C(CCC(O)c3ccc(F)cc3)C(=O)N2c2ccc(F)cc2)c1.O=C(O)C(F)(F)F. The Morgan fingerprint density at radius 3 is 1.91 bits per heavy atom. The molecule has 8 rings (SSSR count). The van der Waals surface area contributed by atoms with Crippen LogP contribution in [0.2, 0.25) is 0 Å². The molecule has 412 valence electrons. The van der Waals surface area contributed by atoms with Gasteiger partial charge in [0.25, 0.3) is 0 Å². The van der Waals surface area contributed by atoms with Crippen molar-refractivity contribution in [1.82, 2.24) is 15.3 Å². The van der Waals surface area contributed by atoms with Gasteiger partial charge in [0.05, 0.1) is 36.1 Å². The van der Waals surface area contributed by atoms with Gasteiger partial charge in [-0.2, -0.15) is 13.2 Å². The Bertz CT molecular complexity index is 3070. The third-order valence-corrected chi connectivity index (χ3v) is 13.6. The maximum atomic E-state index is 13.9. The monoisotopic (exact) mass is 1080 g/mol. The molecule has 6 unspecified atom stereocenters. The molecule has 5 aromatic carbocycles. The van der Waals surface area contributed by atoms with E-state index >= 15 is 0 Å². The average molecular weight is 1090 g/mol. The molecule has 1 aliphatic rings. The lowest BCUT2D eigenvalue weighted by Crippen LogP contribution is -2.55. The minimum atomic E-state index is -5.08. The predicted molar refractivity (Wildman–Crippen MR) is 289 cm³/mol. The number of carboxylic acid groups (broad SMARTS) is 1. The highest BCUT2D eigenvalue weighted by Crippen LogP contribution is 2.47. The molecule has 1 saturated heterocycles. The van der Waals surface area contributed by atoms with Crippen LogP contribution in [0.5, 0.6) is 0 Å². The Morgan fingerprint density at radius 1 is 0.658 bits per heavy atom. The van der Waals surface area contributed by atoms with Gasteiger partial charge in [0.2, 0.25) is 17.7 Å². The first kappa shape index (κ1) is 58.3. The van der Waals surface area contributed by atoms with E-state index in [0.717, 1.165) is 41.5 Å². The summed E-state index contributed by atoms with van der Waals surface area (Å²) in [5.74, 6) is -4.30. The van der Waals surface area contributed by atoms with Gasteiger partial charge in [0, 0.05) is 48.8 Å². The molecule has 0 bridgehead atoms. The Kier molecular flexibility index (Phi) is 20.9. The van der Waals surface area contributed by atoms with Crippen LogP contribution in [0.1, 0.15) is 122 Å². The van der Waals surface area contributed by atoms with Crippen molar-refractivity contribution in [3.8, 4) is 0 Å². The van der Waals surface area contributed by atoms with Crippen molar-refractivity contribution in [3.63, 3.8) is 0 Å². The number of aliphatic carboxylic acids is 1. The van der Waals surface area contributed by atoms with Gasteiger partial charge in [-0.25, -0.2) is 18.6 Å². The van der Waals surface area contributed by atoms with Gasteiger partial charge in [-0.15, -0.1) is 0 Å². The summed E-state index contributed by atoms with van der Waals surface area (Å²) in [6.07, 6.45) is 1.75. The molecule has 1 fully saturated rings. The highest BCUT2D eigenvalue weighted by Gasteiger charge is 2.48. The lowest BCUT2D eigenvalue weighted by molar-refractivity contribution is -0.192. The Morgan fingerprint density at radius 2 is 1.27 bits per heavy atom. The predicted octanol–water partition coefficient (Wildman–Crippen LogP) is 12.3. The highest BCUT2D eigenvalue weighted by atomic mass is 19.4. The van der Waals surface area contributed by atoms with Crippen LogP contribution >= 0.6 is 0 Å². The number of aliphatic hydroxyl groups excluding tert-OH is 2. The minimum Gasteiger partial charge on any atom is -0.475 e. The van der Waals surface area contributed by atoms with Gasteiger partial charge < -0.3 is 36.2 Å². The molecule has 7 aromatic rings. The number of anilines is 3. The molecule has 6 N–H and O–H groups in total. The van der Waals surface area contributed by atoms with Gasteiger partial charge in [0.1, 0.15) is 17.5 Å². The summed E-state index contributed by atoms with van der Waals surface area (Å²) in [6.45, 7) is 0.299. The number of aromatic nitrogens is 2. The van der Waals surface area contributed by atoms with E-state index in [9.17, 15) is 46.5 Å². The van der Waals surface area contributed by atoms with Crippen molar-refractivity contribution in [2.75, 3.05) is 15.5 Å².